The van der Waals surface area contributed by atoms with Crippen molar-refractivity contribution in [1.82, 2.24) is 0 Å². The summed E-state index contributed by atoms with van der Waals surface area (Å²) in [6, 6.07) is 5.85. The Morgan fingerprint density at radius 1 is 1.10 bits per heavy atom. The average molecular weight is 322 g/mol. The largest absolute Gasteiger partial charge is 0.534 e. The molecular formula is C14H17F3O3S. The number of hydrogen-bond donors (Lipinski definition) is 0. The van der Waals surface area contributed by atoms with Crippen LogP contribution < -0.4 is 4.18 Å². The zero-order valence-electron chi connectivity index (χ0n) is 11.6. The van der Waals surface area contributed by atoms with Crippen LogP contribution in [-0.4, -0.2) is 13.9 Å². The molecular weight excluding hydrogens is 305 g/mol. The molecule has 2 rings (SSSR count). The molecule has 3 nitrogen and oxygen atoms in total. The van der Waals surface area contributed by atoms with Crippen LogP contribution in [0.15, 0.2) is 24.3 Å². The third-order valence-corrected chi connectivity index (χ3v) is 4.89. The number of halogens is 3. The summed E-state index contributed by atoms with van der Waals surface area (Å²) in [5, 5.41) is 0. The van der Waals surface area contributed by atoms with Crippen molar-refractivity contribution >= 4 is 10.1 Å². The SMILES string of the molecule is C[C@H]1CCCC[C@@H]1c1ccc(OS(=O)(=O)C(F)(F)F)cc1. The first-order valence-electron chi connectivity index (χ1n) is 6.81. The van der Waals surface area contributed by atoms with Gasteiger partial charge in [-0.3, -0.25) is 0 Å². The summed E-state index contributed by atoms with van der Waals surface area (Å²) in [4.78, 5) is 0. The molecule has 0 heterocycles. The molecule has 0 aliphatic heterocycles. The van der Waals surface area contributed by atoms with Gasteiger partial charge < -0.3 is 4.18 Å². The van der Waals surface area contributed by atoms with Crippen molar-refractivity contribution in [3.63, 3.8) is 0 Å². The standard InChI is InChI=1S/C14H17F3O3S/c1-10-4-2-3-5-13(10)11-6-8-12(9-7-11)20-21(18,19)14(15,16)17/h6-10,13H,2-5H2,1H3/t10-,13-/m0/s1. The van der Waals surface area contributed by atoms with E-state index in [-0.39, 0.29) is 5.75 Å². The molecule has 0 unspecified atom stereocenters. The molecule has 1 aromatic carbocycles. The second-order valence-corrected chi connectivity index (χ2v) is 6.96. The molecule has 0 saturated heterocycles. The molecule has 118 valence electrons. The summed E-state index contributed by atoms with van der Waals surface area (Å²) >= 11 is 0. The van der Waals surface area contributed by atoms with E-state index < -0.39 is 15.6 Å². The summed E-state index contributed by atoms with van der Waals surface area (Å²) in [5.74, 6) is 0.566. The fourth-order valence-electron chi connectivity index (χ4n) is 2.76. The maximum Gasteiger partial charge on any atom is 0.534 e. The number of benzene rings is 1. The summed E-state index contributed by atoms with van der Waals surface area (Å²) in [6.07, 6.45) is 4.51. The van der Waals surface area contributed by atoms with Crippen LogP contribution in [0.3, 0.4) is 0 Å². The molecule has 1 fully saturated rings. The van der Waals surface area contributed by atoms with E-state index in [9.17, 15) is 21.6 Å². The predicted octanol–water partition coefficient (Wildman–Crippen LogP) is 4.21. The smallest absolute Gasteiger partial charge is 0.376 e. The second kappa shape index (κ2) is 5.87. The molecule has 0 amide bonds. The highest BCUT2D eigenvalue weighted by Gasteiger charge is 2.48. The molecule has 0 aromatic heterocycles. The van der Waals surface area contributed by atoms with Gasteiger partial charge in [-0.15, -0.1) is 0 Å². The maximum absolute atomic E-state index is 12.2. The van der Waals surface area contributed by atoms with E-state index in [4.69, 9.17) is 0 Å². The van der Waals surface area contributed by atoms with Gasteiger partial charge >= 0.3 is 15.6 Å². The number of alkyl halides is 3. The normalized spacial score (nSPS) is 23.8. The zero-order chi connectivity index (χ0) is 15.7. The Balaban J connectivity index is 2.12. The highest BCUT2D eigenvalue weighted by Crippen LogP contribution is 2.38. The minimum absolute atomic E-state index is 0.320. The topological polar surface area (TPSA) is 43.4 Å². The van der Waals surface area contributed by atoms with Crippen LogP contribution in [0, 0.1) is 5.92 Å². The third-order valence-electron chi connectivity index (χ3n) is 3.91. The molecule has 1 saturated carbocycles. The van der Waals surface area contributed by atoms with Crippen molar-refractivity contribution in [2.24, 2.45) is 5.92 Å². The lowest BCUT2D eigenvalue weighted by Crippen LogP contribution is -2.28. The van der Waals surface area contributed by atoms with E-state index >= 15 is 0 Å². The average Bonchev–Trinajstić information content (AvgIpc) is 2.39. The Kier molecular flexibility index (Phi) is 4.51. The second-order valence-electron chi connectivity index (χ2n) is 5.42. The van der Waals surface area contributed by atoms with Gasteiger partial charge in [0.2, 0.25) is 0 Å². The lowest BCUT2D eigenvalue weighted by molar-refractivity contribution is -0.0500. The lowest BCUT2D eigenvalue weighted by Gasteiger charge is -2.29. The Labute approximate surface area is 122 Å². The van der Waals surface area contributed by atoms with E-state index in [1.165, 1.54) is 18.6 Å². The first kappa shape index (κ1) is 16.1. The maximum atomic E-state index is 12.2. The van der Waals surface area contributed by atoms with Crippen LogP contribution in [0.4, 0.5) is 13.2 Å². The van der Waals surface area contributed by atoms with E-state index in [1.807, 2.05) is 0 Å². The van der Waals surface area contributed by atoms with Gasteiger partial charge in [0.1, 0.15) is 5.75 Å². The molecule has 0 bridgehead atoms. The molecule has 1 aliphatic carbocycles. The van der Waals surface area contributed by atoms with Gasteiger partial charge in [-0.2, -0.15) is 21.6 Å². The van der Waals surface area contributed by atoms with Gasteiger partial charge in [-0.05, 0) is 36.0 Å². The van der Waals surface area contributed by atoms with E-state index in [1.54, 1.807) is 12.1 Å². The predicted molar refractivity (Wildman–Crippen MR) is 72.4 cm³/mol. The van der Waals surface area contributed by atoms with Crippen LogP contribution in [0.25, 0.3) is 0 Å². The van der Waals surface area contributed by atoms with Gasteiger partial charge in [-0.25, -0.2) is 0 Å². The molecule has 2 atom stereocenters. The van der Waals surface area contributed by atoms with Gasteiger partial charge in [0.05, 0.1) is 0 Å². The molecule has 21 heavy (non-hydrogen) atoms. The highest BCUT2D eigenvalue weighted by molar-refractivity contribution is 7.87. The first-order chi connectivity index (χ1) is 9.71. The van der Waals surface area contributed by atoms with Crippen LogP contribution >= 0.6 is 0 Å². The van der Waals surface area contributed by atoms with Gasteiger partial charge in [0, 0.05) is 0 Å². The van der Waals surface area contributed by atoms with Crippen molar-refractivity contribution in [2.45, 2.75) is 44.0 Å². The quantitative estimate of drug-likeness (QED) is 0.618. The van der Waals surface area contributed by atoms with Crippen LogP contribution in [0.2, 0.25) is 0 Å². The van der Waals surface area contributed by atoms with Crippen LogP contribution in [-0.2, 0) is 10.1 Å². The fraction of sp³-hybridized carbons (Fsp3) is 0.571. The fourth-order valence-corrected chi connectivity index (χ4v) is 3.21. The van der Waals surface area contributed by atoms with Crippen molar-refractivity contribution in [3.05, 3.63) is 29.8 Å². The minimum atomic E-state index is -5.60. The first-order valence-corrected chi connectivity index (χ1v) is 8.22. The monoisotopic (exact) mass is 322 g/mol. The van der Waals surface area contributed by atoms with E-state index in [0.717, 1.165) is 24.8 Å². The zero-order valence-corrected chi connectivity index (χ0v) is 12.4. The molecule has 0 spiro atoms. The summed E-state index contributed by atoms with van der Waals surface area (Å²) in [6.45, 7) is 2.16. The summed E-state index contributed by atoms with van der Waals surface area (Å²) < 4.78 is 62.6. The molecule has 1 aromatic rings. The molecule has 0 radical (unpaired) electrons. The molecule has 1 aliphatic rings. The third kappa shape index (κ3) is 3.70. The lowest BCUT2D eigenvalue weighted by atomic mass is 9.76. The van der Waals surface area contributed by atoms with E-state index in [0.29, 0.717) is 11.8 Å². The van der Waals surface area contributed by atoms with Crippen molar-refractivity contribution < 1.29 is 25.8 Å². The Bertz CT molecular complexity index is 578. The summed E-state index contributed by atoms with van der Waals surface area (Å²) in [5.41, 5.74) is -4.40. The van der Waals surface area contributed by atoms with Crippen molar-refractivity contribution in [3.8, 4) is 5.75 Å². The number of hydrogen-bond acceptors (Lipinski definition) is 3. The minimum Gasteiger partial charge on any atom is -0.376 e. The molecule has 7 heteroatoms. The van der Waals surface area contributed by atoms with Gasteiger partial charge in [0.25, 0.3) is 0 Å². The summed E-state index contributed by atoms with van der Waals surface area (Å²) in [7, 11) is -5.60. The van der Waals surface area contributed by atoms with Gasteiger partial charge in [0.15, 0.2) is 0 Å². The Morgan fingerprint density at radius 3 is 2.19 bits per heavy atom. The van der Waals surface area contributed by atoms with E-state index in [2.05, 4.69) is 11.1 Å². The highest BCUT2D eigenvalue weighted by atomic mass is 32.2. The Hall–Kier alpha value is -1.24. The Morgan fingerprint density at radius 2 is 1.67 bits per heavy atom. The molecule has 0 N–H and O–H groups in total. The van der Waals surface area contributed by atoms with Crippen LogP contribution in [0.5, 0.6) is 5.75 Å². The number of rotatable bonds is 3. The van der Waals surface area contributed by atoms with Gasteiger partial charge in [-0.1, -0.05) is 38.3 Å². The van der Waals surface area contributed by atoms with Crippen LogP contribution in [0.1, 0.15) is 44.1 Å². The van der Waals surface area contributed by atoms with Crippen molar-refractivity contribution in [2.75, 3.05) is 0 Å². The van der Waals surface area contributed by atoms with Crippen molar-refractivity contribution in [1.29, 1.82) is 0 Å².